The lowest BCUT2D eigenvalue weighted by Gasteiger charge is -2.49. The third kappa shape index (κ3) is 3.98. The summed E-state index contributed by atoms with van der Waals surface area (Å²) in [5, 5.41) is 0. The molecule has 2 fully saturated rings. The number of rotatable bonds is 4. The standard InChI is InChI=1S/C22H31N5O/c1-24-11-10-22(9-8-21(24)28)17-26(13-12-25(22)2)16-20-14-23-18-27(20)15-19-6-4-3-5-7-19/h3-7,14,18H,8-13,15-17H2,1-2H3/t22-/m1/s1. The van der Waals surface area contributed by atoms with Gasteiger partial charge in [-0.05, 0) is 25.5 Å². The Kier molecular flexibility index (Phi) is 5.51. The predicted molar refractivity (Wildman–Crippen MR) is 110 cm³/mol. The zero-order valence-corrected chi connectivity index (χ0v) is 17.0. The maximum absolute atomic E-state index is 12.2. The molecule has 4 rings (SSSR count). The van der Waals surface area contributed by atoms with Crippen LogP contribution >= 0.6 is 0 Å². The van der Waals surface area contributed by atoms with E-state index in [1.807, 2.05) is 24.5 Å². The summed E-state index contributed by atoms with van der Waals surface area (Å²) in [6.45, 7) is 5.73. The van der Waals surface area contributed by atoms with Gasteiger partial charge in [-0.1, -0.05) is 30.3 Å². The summed E-state index contributed by atoms with van der Waals surface area (Å²) >= 11 is 0. The Hall–Kier alpha value is -2.18. The number of hydrogen-bond acceptors (Lipinski definition) is 4. The molecule has 2 aromatic rings. The highest BCUT2D eigenvalue weighted by atomic mass is 16.2. The fourth-order valence-corrected chi connectivity index (χ4v) is 4.61. The van der Waals surface area contributed by atoms with Gasteiger partial charge in [-0.3, -0.25) is 14.6 Å². The molecule has 6 nitrogen and oxygen atoms in total. The van der Waals surface area contributed by atoms with Gasteiger partial charge in [-0.2, -0.15) is 0 Å². The van der Waals surface area contributed by atoms with Gasteiger partial charge >= 0.3 is 0 Å². The van der Waals surface area contributed by atoms with Gasteiger partial charge in [0, 0.05) is 64.5 Å². The predicted octanol–water partition coefficient (Wildman–Crippen LogP) is 2.06. The van der Waals surface area contributed by atoms with Crippen LogP contribution in [0.25, 0.3) is 0 Å². The van der Waals surface area contributed by atoms with Crippen molar-refractivity contribution in [2.45, 2.75) is 37.9 Å². The first kappa shape index (κ1) is 19.2. The maximum Gasteiger partial charge on any atom is 0.222 e. The Labute approximate surface area is 167 Å². The largest absolute Gasteiger partial charge is 0.346 e. The summed E-state index contributed by atoms with van der Waals surface area (Å²) in [4.78, 5) is 23.5. The molecule has 3 heterocycles. The minimum absolute atomic E-state index is 0.100. The molecular formula is C22H31N5O. The molecule has 0 aliphatic carbocycles. The lowest BCUT2D eigenvalue weighted by atomic mass is 9.86. The number of piperazine rings is 1. The van der Waals surface area contributed by atoms with Crippen LogP contribution in [-0.4, -0.2) is 76.0 Å². The zero-order chi connectivity index (χ0) is 19.6. The van der Waals surface area contributed by atoms with Gasteiger partial charge in [-0.15, -0.1) is 0 Å². The molecule has 0 unspecified atom stereocenters. The molecule has 28 heavy (non-hydrogen) atoms. The van der Waals surface area contributed by atoms with E-state index in [0.717, 1.165) is 52.1 Å². The summed E-state index contributed by atoms with van der Waals surface area (Å²) in [5.41, 5.74) is 2.65. The Bertz CT molecular complexity index is 804. The zero-order valence-electron chi connectivity index (χ0n) is 17.0. The highest BCUT2D eigenvalue weighted by Crippen LogP contribution is 2.32. The molecule has 1 amide bonds. The van der Waals surface area contributed by atoms with Crippen molar-refractivity contribution in [1.29, 1.82) is 0 Å². The van der Waals surface area contributed by atoms with Gasteiger partial charge in [-0.25, -0.2) is 4.98 Å². The smallest absolute Gasteiger partial charge is 0.222 e. The number of likely N-dealkylation sites (tertiary alicyclic amines) is 1. The third-order valence-corrected chi connectivity index (χ3v) is 6.60. The number of nitrogens with zero attached hydrogens (tertiary/aromatic N) is 5. The van der Waals surface area contributed by atoms with E-state index in [1.54, 1.807) is 0 Å². The summed E-state index contributed by atoms with van der Waals surface area (Å²) in [5.74, 6) is 0.281. The number of carbonyl (C=O) groups is 1. The number of hydrogen-bond donors (Lipinski definition) is 0. The van der Waals surface area contributed by atoms with Crippen molar-refractivity contribution < 1.29 is 4.79 Å². The minimum atomic E-state index is 0.100. The van der Waals surface area contributed by atoms with E-state index >= 15 is 0 Å². The van der Waals surface area contributed by atoms with Crippen molar-refractivity contribution in [3.8, 4) is 0 Å². The summed E-state index contributed by atoms with van der Waals surface area (Å²) in [6, 6.07) is 10.5. The Balaban J connectivity index is 1.46. The van der Waals surface area contributed by atoms with Crippen LogP contribution in [0.4, 0.5) is 0 Å². The van der Waals surface area contributed by atoms with Crippen molar-refractivity contribution in [1.82, 2.24) is 24.3 Å². The first-order chi connectivity index (χ1) is 13.6. The van der Waals surface area contributed by atoms with Gasteiger partial charge in [0.15, 0.2) is 0 Å². The highest BCUT2D eigenvalue weighted by Gasteiger charge is 2.41. The second-order valence-corrected chi connectivity index (χ2v) is 8.42. The fourth-order valence-electron chi connectivity index (χ4n) is 4.61. The van der Waals surface area contributed by atoms with Crippen molar-refractivity contribution in [2.24, 2.45) is 0 Å². The van der Waals surface area contributed by atoms with Gasteiger partial charge < -0.3 is 9.47 Å². The molecule has 2 aliphatic heterocycles. The SMILES string of the molecule is CN1CC[C@]2(CCC1=O)CN(Cc1cncn1Cc1ccccc1)CCN2C. The van der Waals surface area contributed by atoms with Crippen LogP contribution in [0.5, 0.6) is 0 Å². The lowest BCUT2D eigenvalue weighted by Crippen LogP contribution is -2.60. The average molecular weight is 382 g/mol. The van der Waals surface area contributed by atoms with Crippen LogP contribution in [0.1, 0.15) is 30.5 Å². The van der Waals surface area contributed by atoms with Gasteiger partial charge in [0.2, 0.25) is 5.91 Å². The molecule has 1 aromatic carbocycles. The molecule has 0 N–H and O–H groups in total. The summed E-state index contributed by atoms with van der Waals surface area (Å²) in [6.07, 6.45) is 6.59. The van der Waals surface area contributed by atoms with E-state index < -0.39 is 0 Å². The normalized spacial score (nSPS) is 24.6. The van der Waals surface area contributed by atoms with Crippen molar-refractivity contribution >= 4 is 5.91 Å². The molecule has 0 saturated carbocycles. The molecule has 2 saturated heterocycles. The molecule has 6 heteroatoms. The molecule has 0 bridgehead atoms. The summed E-state index contributed by atoms with van der Waals surface area (Å²) < 4.78 is 2.25. The number of benzene rings is 1. The van der Waals surface area contributed by atoms with E-state index in [1.165, 1.54) is 11.3 Å². The van der Waals surface area contributed by atoms with E-state index in [2.05, 4.69) is 56.7 Å². The molecule has 0 radical (unpaired) electrons. The van der Waals surface area contributed by atoms with Gasteiger partial charge in [0.05, 0.1) is 12.0 Å². The Morgan fingerprint density at radius 3 is 2.68 bits per heavy atom. The second kappa shape index (κ2) is 8.05. The van der Waals surface area contributed by atoms with Crippen LogP contribution in [-0.2, 0) is 17.9 Å². The first-order valence-corrected chi connectivity index (χ1v) is 10.3. The lowest BCUT2D eigenvalue weighted by molar-refractivity contribution is -0.129. The van der Waals surface area contributed by atoms with E-state index in [0.29, 0.717) is 6.42 Å². The quantitative estimate of drug-likeness (QED) is 0.813. The molecule has 1 aromatic heterocycles. The first-order valence-electron chi connectivity index (χ1n) is 10.3. The Morgan fingerprint density at radius 1 is 1.04 bits per heavy atom. The molecule has 1 atom stereocenters. The van der Waals surface area contributed by atoms with Crippen molar-refractivity contribution in [2.75, 3.05) is 40.3 Å². The minimum Gasteiger partial charge on any atom is -0.346 e. The molecular weight excluding hydrogens is 350 g/mol. The van der Waals surface area contributed by atoms with Crippen molar-refractivity contribution in [3.63, 3.8) is 0 Å². The van der Waals surface area contributed by atoms with Crippen LogP contribution in [0.15, 0.2) is 42.9 Å². The van der Waals surface area contributed by atoms with Crippen LogP contribution in [0, 0.1) is 0 Å². The van der Waals surface area contributed by atoms with Crippen LogP contribution in [0.3, 0.4) is 0 Å². The maximum atomic E-state index is 12.2. The number of imidazole rings is 1. The second-order valence-electron chi connectivity index (χ2n) is 8.42. The van der Waals surface area contributed by atoms with E-state index in [4.69, 9.17) is 0 Å². The van der Waals surface area contributed by atoms with Crippen molar-refractivity contribution in [3.05, 3.63) is 54.1 Å². The summed E-state index contributed by atoms with van der Waals surface area (Å²) in [7, 11) is 4.16. The van der Waals surface area contributed by atoms with Gasteiger partial charge in [0.1, 0.15) is 0 Å². The van der Waals surface area contributed by atoms with E-state index in [9.17, 15) is 4.79 Å². The number of carbonyl (C=O) groups excluding carboxylic acids is 1. The van der Waals surface area contributed by atoms with E-state index in [-0.39, 0.29) is 11.4 Å². The average Bonchev–Trinajstić information content (AvgIpc) is 3.08. The third-order valence-electron chi connectivity index (χ3n) is 6.60. The number of amides is 1. The monoisotopic (exact) mass is 381 g/mol. The molecule has 2 aliphatic rings. The Morgan fingerprint density at radius 2 is 1.86 bits per heavy atom. The van der Waals surface area contributed by atoms with Crippen LogP contribution in [0.2, 0.25) is 0 Å². The topological polar surface area (TPSA) is 44.6 Å². The number of likely N-dealkylation sites (N-methyl/N-ethyl adjacent to an activating group) is 1. The van der Waals surface area contributed by atoms with Gasteiger partial charge in [0.25, 0.3) is 0 Å². The molecule has 150 valence electrons. The molecule has 1 spiro atoms. The fraction of sp³-hybridized carbons (Fsp3) is 0.545. The van der Waals surface area contributed by atoms with Crippen LogP contribution < -0.4 is 0 Å². The highest BCUT2D eigenvalue weighted by molar-refractivity contribution is 5.76. The number of aromatic nitrogens is 2.